The summed E-state index contributed by atoms with van der Waals surface area (Å²) in [6.07, 6.45) is 1.84. The fourth-order valence-electron chi connectivity index (χ4n) is 4.60. The van der Waals surface area contributed by atoms with Gasteiger partial charge in [-0.05, 0) is 54.4 Å². The number of anilines is 1. The van der Waals surface area contributed by atoms with Crippen LogP contribution in [0.2, 0.25) is 0 Å². The molecule has 0 aliphatic carbocycles. The van der Waals surface area contributed by atoms with E-state index in [0.717, 1.165) is 21.2 Å². The number of nitrogens with one attached hydrogen (secondary N) is 1. The average molecular weight is 561 g/mol. The number of aryl methyl sites for hydroxylation is 1. The van der Waals surface area contributed by atoms with Gasteiger partial charge in [-0.1, -0.05) is 22.0 Å². The van der Waals surface area contributed by atoms with E-state index >= 15 is 0 Å². The maximum Gasteiger partial charge on any atom is 0.272 e. The highest BCUT2D eigenvalue weighted by molar-refractivity contribution is 9.10. The van der Waals surface area contributed by atoms with Gasteiger partial charge in [0.05, 0.1) is 22.2 Å². The van der Waals surface area contributed by atoms with Gasteiger partial charge in [0.2, 0.25) is 0 Å². The number of fused-ring (bicyclic) bond motifs is 1. The molecule has 1 amide bonds. The monoisotopic (exact) mass is 560 g/mol. The van der Waals surface area contributed by atoms with Gasteiger partial charge in [-0.25, -0.2) is 14.5 Å². The molecule has 0 atom stereocenters. The first-order chi connectivity index (χ1) is 17.9. The van der Waals surface area contributed by atoms with Crippen LogP contribution in [0.3, 0.4) is 0 Å². The SMILES string of the molecule is Cc1c(Br)ccc2c(=O)[nH]nc(Cc3ccc(F)c(C(=O)N4CCN(c5ccc(C#N)cn5)CC4)c3)c12. The minimum atomic E-state index is -0.580. The number of piperazine rings is 1. The summed E-state index contributed by atoms with van der Waals surface area (Å²) in [6.45, 7) is 3.84. The third-order valence-corrected chi connectivity index (χ3v) is 7.48. The van der Waals surface area contributed by atoms with E-state index in [0.29, 0.717) is 54.8 Å². The molecule has 0 saturated carbocycles. The van der Waals surface area contributed by atoms with Crippen molar-refractivity contribution in [2.45, 2.75) is 13.3 Å². The van der Waals surface area contributed by atoms with E-state index in [-0.39, 0.29) is 17.0 Å². The molecule has 10 heteroatoms. The number of benzene rings is 2. The standard InChI is InChI=1S/C27H22BrFN6O2/c1-16-21(28)5-4-19-25(16)23(32-33-26(19)36)13-17-2-6-22(29)20(12-17)27(37)35-10-8-34(9-11-35)24-7-3-18(14-30)15-31-24/h2-7,12,15H,8-11,13H2,1H3,(H,33,36). The summed E-state index contributed by atoms with van der Waals surface area (Å²) in [4.78, 5) is 33.5. The molecule has 2 aromatic carbocycles. The van der Waals surface area contributed by atoms with Crippen molar-refractivity contribution in [1.82, 2.24) is 20.1 Å². The molecule has 8 nitrogen and oxygen atoms in total. The number of amides is 1. The lowest BCUT2D eigenvalue weighted by molar-refractivity contribution is 0.0741. The highest BCUT2D eigenvalue weighted by Crippen LogP contribution is 2.27. The third-order valence-electron chi connectivity index (χ3n) is 6.63. The molecule has 0 bridgehead atoms. The van der Waals surface area contributed by atoms with Crippen LogP contribution in [-0.4, -0.2) is 52.2 Å². The minimum Gasteiger partial charge on any atom is -0.353 e. The molecule has 1 aliphatic heterocycles. The second kappa shape index (κ2) is 10.1. The number of pyridine rings is 1. The number of halogens is 2. The summed E-state index contributed by atoms with van der Waals surface area (Å²) >= 11 is 3.51. The van der Waals surface area contributed by atoms with Crippen LogP contribution in [0.1, 0.15) is 32.7 Å². The number of H-pyrrole nitrogens is 1. The smallest absolute Gasteiger partial charge is 0.272 e. The molecule has 2 aromatic heterocycles. The summed E-state index contributed by atoms with van der Waals surface area (Å²) < 4.78 is 15.6. The lowest BCUT2D eigenvalue weighted by Crippen LogP contribution is -2.49. The molecule has 5 rings (SSSR count). The first-order valence-electron chi connectivity index (χ1n) is 11.7. The number of aromatic nitrogens is 3. The lowest BCUT2D eigenvalue weighted by Gasteiger charge is -2.35. The molecule has 4 aromatic rings. The maximum atomic E-state index is 14.8. The maximum absolute atomic E-state index is 14.8. The lowest BCUT2D eigenvalue weighted by atomic mass is 9.99. The van der Waals surface area contributed by atoms with Crippen LogP contribution in [0.25, 0.3) is 10.8 Å². The van der Waals surface area contributed by atoms with Crippen LogP contribution < -0.4 is 10.5 Å². The Labute approximate surface area is 220 Å². The van der Waals surface area contributed by atoms with E-state index in [4.69, 9.17) is 5.26 Å². The highest BCUT2D eigenvalue weighted by Gasteiger charge is 2.25. The predicted octanol–water partition coefficient (Wildman–Crippen LogP) is 3.95. The topological polar surface area (TPSA) is 106 Å². The zero-order valence-electron chi connectivity index (χ0n) is 20.0. The Kier molecular flexibility index (Phi) is 6.72. The number of hydrogen-bond acceptors (Lipinski definition) is 6. The van der Waals surface area contributed by atoms with Crippen LogP contribution >= 0.6 is 15.9 Å². The first-order valence-corrected chi connectivity index (χ1v) is 12.5. The zero-order valence-corrected chi connectivity index (χ0v) is 21.5. The molecule has 0 spiro atoms. The number of nitriles is 1. The number of aromatic amines is 1. The number of nitrogens with zero attached hydrogens (tertiary/aromatic N) is 5. The Morgan fingerprint density at radius 1 is 1.16 bits per heavy atom. The number of carbonyl (C=O) groups excluding carboxylic acids is 1. The van der Waals surface area contributed by atoms with Gasteiger partial charge in [0, 0.05) is 48.7 Å². The quantitative estimate of drug-likeness (QED) is 0.405. The molecule has 0 unspecified atom stereocenters. The van der Waals surface area contributed by atoms with Crippen molar-refractivity contribution in [3.05, 3.63) is 97.3 Å². The van der Waals surface area contributed by atoms with Crippen LogP contribution in [0.4, 0.5) is 10.2 Å². The first kappa shape index (κ1) is 24.6. The van der Waals surface area contributed by atoms with Crippen LogP contribution in [-0.2, 0) is 6.42 Å². The Morgan fingerprint density at radius 3 is 2.65 bits per heavy atom. The summed E-state index contributed by atoms with van der Waals surface area (Å²) in [5, 5.41) is 17.0. The second-order valence-electron chi connectivity index (χ2n) is 8.88. The van der Waals surface area contributed by atoms with E-state index in [1.807, 2.05) is 24.0 Å². The number of carbonyl (C=O) groups is 1. The van der Waals surface area contributed by atoms with E-state index in [9.17, 15) is 14.0 Å². The molecular weight excluding hydrogens is 539 g/mol. The van der Waals surface area contributed by atoms with Crippen LogP contribution in [0.15, 0.2) is 57.9 Å². The fraction of sp³-hybridized carbons (Fsp3) is 0.222. The molecule has 3 heterocycles. The summed E-state index contributed by atoms with van der Waals surface area (Å²) in [7, 11) is 0. The Balaban J connectivity index is 1.35. The van der Waals surface area contributed by atoms with Gasteiger partial charge in [0.15, 0.2) is 0 Å². The van der Waals surface area contributed by atoms with Crippen molar-refractivity contribution in [3.63, 3.8) is 0 Å². The zero-order chi connectivity index (χ0) is 26.1. The van der Waals surface area contributed by atoms with Crippen molar-refractivity contribution in [2.75, 3.05) is 31.1 Å². The highest BCUT2D eigenvalue weighted by atomic mass is 79.9. The van der Waals surface area contributed by atoms with Gasteiger partial charge < -0.3 is 9.80 Å². The molecular formula is C27H22BrFN6O2. The summed E-state index contributed by atoms with van der Waals surface area (Å²) in [5.74, 6) is -0.213. The van der Waals surface area contributed by atoms with Crippen molar-refractivity contribution in [3.8, 4) is 6.07 Å². The molecule has 1 saturated heterocycles. The molecule has 1 aliphatic rings. The summed E-state index contributed by atoms with van der Waals surface area (Å²) in [6, 6.07) is 13.6. The summed E-state index contributed by atoms with van der Waals surface area (Å²) in [5.41, 5.74) is 2.46. The molecule has 1 fully saturated rings. The normalized spacial score (nSPS) is 13.6. The van der Waals surface area contributed by atoms with Gasteiger partial charge >= 0.3 is 0 Å². The van der Waals surface area contributed by atoms with Crippen LogP contribution in [0, 0.1) is 24.1 Å². The van der Waals surface area contributed by atoms with Gasteiger partial charge in [-0.3, -0.25) is 9.59 Å². The van der Waals surface area contributed by atoms with E-state index in [1.165, 1.54) is 12.3 Å². The fourth-order valence-corrected chi connectivity index (χ4v) is 4.93. The number of rotatable bonds is 4. The van der Waals surface area contributed by atoms with Gasteiger partial charge in [0.25, 0.3) is 11.5 Å². The molecule has 37 heavy (non-hydrogen) atoms. The van der Waals surface area contributed by atoms with Gasteiger partial charge in [0.1, 0.15) is 17.7 Å². The minimum absolute atomic E-state index is 0.00841. The largest absolute Gasteiger partial charge is 0.353 e. The van der Waals surface area contributed by atoms with Gasteiger partial charge in [-0.2, -0.15) is 10.4 Å². The van der Waals surface area contributed by atoms with E-state index < -0.39 is 5.82 Å². The van der Waals surface area contributed by atoms with Gasteiger partial charge in [-0.15, -0.1) is 0 Å². The number of hydrogen-bond donors (Lipinski definition) is 1. The molecule has 186 valence electrons. The van der Waals surface area contributed by atoms with E-state index in [2.05, 4.69) is 31.1 Å². The molecule has 0 radical (unpaired) electrons. The Hall–Kier alpha value is -4.10. The van der Waals surface area contributed by atoms with Crippen molar-refractivity contribution < 1.29 is 9.18 Å². The third kappa shape index (κ3) is 4.82. The van der Waals surface area contributed by atoms with E-state index in [1.54, 1.807) is 35.2 Å². The second-order valence-corrected chi connectivity index (χ2v) is 9.74. The van der Waals surface area contributed by atoms with Crippen molar-refractivity contribution in [1.29, 1.82) is 5.26 Å². The molecule has 1 N–H and O–H groups in total. The Morgan fingerprint density at radius 2 is 1.95 bits per heavy atom. The average Bonchev–Trinajstić information content (AvgIpc) is 2.93. The van der Waals surface area contributed by atoms with Crippen LogP contribution in [0.5, 0.6) is 0 Å². The predicted molar refractivity (Wildman–Crippen MR) is 141 cm³/mol. The Bertz CT molecular complexity index is 1600. The van der Waals surface area contributed by atoms with Crippen molar-refractivity contribution >= 4 is 38.4 Å². The van der Waals surface area contributed by atoms with Crippen molar-refractivity contribution in [2.24, 2.45) is 0 Å².